The molecule has 0 spiro atoms. The first-order chi connectivity index (χ1) is 10.2. The molecule has 0 aromatic heterocycles. The van der Waals surface area contributed by atoms with Gasteiger partial charge in [-0.1, -0.05) is 0 Å². The van der Waals surface area contributed by atoms with Crippen molar-refractivity contribution in [2.45, 2.75) is 19.9 Å². The molecule has 0 bridgehead atoms. The van der Waals surface area contributed by atoms with Crippen molar-refractivity contribution in [1.29, 1.82) is 0 Å². The van der Waals surface area contributed by atoms with Crippen molar-refractivity contribution in [3.8, 4) is 5.75 Å². The number of carbonyl (C=O) groups excluding carboxylic acids is 1. The number of carboxylic acid groups (broad SMARTS) is 2. The largest absolute Gasteiger partial charge is 0.497 e. The molecule has 1 rings (SSSR count). The number of benzene rings is 1. The molecule has 0 aliphatic heterocycles. The highest BCUT2D eigenvalue weighted by Gasteiger charge is 2.10. The van der Waals surface area contributed by atoms with Gasteiger partial charge in [0.15, 0.2) is 0 Å². The van der Waals surface area contributed by atoms with E-state index in [1.807, 2.05) is 6.92 Å². The first-order valence-electron chi connectivity index (χ1n) is 6.29. The third-order valence-corrected chi connectivity index (χ3v) is 2.42. The summed E-state index contributed by atoms with van der Waals surface area (Å²) in [5.74, 6) is -1.75. The summed E-state index contributed by atoms with van der Waals surface area (Å²) in [5.41, 5.74) is 6.19. The Kier molecular flexibility index (Phi) is 8.24. The van der Waals surface area contributed by atoms with Crippen LogP contribution in [0, 0.1) is 6.92 Å². The maximum Gasteiger partial charge on any atom is 0.335 e. The van der Waals surface area contributed by atoms with E-state index in [-0.39, 0.29) is 18.0 Å². The third kappa shape index (κ3) is 7.85. The molecule has 1 amide bonds. The van der Waals surface area contributed by atoms with E-state index in [9.17, 15) is 14.4 Å². The van der Waals surface area contributed by atoms with Gasteiger partial charge in [0.1, 0.15) is 11.8 Å². The Labute approximate surface area is 127 Å². The predicted molar refractivity (Wildman–Crippen MR) is 79.0 cm³/mol. The van der Waals surface area contributed by atoms with Gasteiger partial charge in [-0.2, -0.15) is 0 Å². The van der Waals surface area contributed by atoms with E-state index in [1.54, 1.807) is 12.1 Å². The number of rotatable bonds is 5. The first kappa shape index (κ1) is 19.4. The van der Waals surface area contributed by atoms with Gasteiger partial charge in [0, 0.05) is 13.5 Å². The highest BCUT2D eigenvalue weighted by atomic mass is 16.5. The Bertz CT molecular complexity index is 544. The smallest absolute Gasteiger partial charge is 0.335 e. The van der Waals surface area contributed by atoms with Crippen LogP contribution in [-0.4, -0.2) is 47.8 Å². The second-order valence-corrected chi connectivity index (χ2v) is 4.43. The van der Waals surface area contributed by atoms with Crippen molar-refractivity contribution in [1.82, 2.24) is 5.32 Å². The number of carboxylic acids is 2. The Morgan fingerprint density at radius 2 is 1.86 bits per heavy atom. The van der Waals surface area contributed by atoms with Crippen LogP contribution in [0.2, 0.25) is 0 Å². The number of hydrogen-bond donors (Lipinski definition) is 4. The lowest BCUT2D eigenvalue weighted by atomic mass is 10.1. The van der Waals surface area contributed by atoms with Gasteiger partial charge in [0.05, 0.1) is 12.7 Å². The summed E-state index contributed by atoms with van der Waals surface area (Å²) in [7, 11) is 1.51. The topological polar surface area (TPSA) is 139 Å². The Balaban J connectivity index is 0.000000409. The van der Waals surface area contributed by atoms with E-state index in [0.717, 1.165) is 5.56 Å². The van der Waals surface area contributed by atoms with E-state index >= 15 is 0 Å². The predicted octanol–water partition coefficient (Wildman–Crippen LogP) is 0.236. The van der Waals surface area contributed by atoms with Gasteiger partial charge in [0.25, 0.3) is 0 Å². The van der Waals surface area contributed by atoms with Crippen LogP contribution in [0.15, 0.2) is 18.2 Å². The molecular weight excluding hydrogens is 292 g/mol. The Morgan fingerprint density at radius 1 is 1.27 bits per heavy atom. The Hall–Kier alpha value is -2.61. The number of aliphatic carboxylic acids is 1. The van der Waals surface area contributed by atoms with Crippen LogP contribution in [0.25, 0.3) is 0 Å². The second kappa shape index (κ2) is 9.35. The van der Waals surface area contributed by atoms with E-state index in [0.29, 0.717) is 5.75 Å². The molecule has 0 radical (unpaired) electrons. The number of amides is 1. The molecule has 0 aliphatic carbocycles. The zero-order chi connectivity index (χ0) is 17.3. The van der Waals surface area contributed by atoms with Crippen molar-refractivity contribution in [3.05, 3.63) is 29.3 Å². The zero-order valence-electron chi connectivity index (χ0n) is 12.6. The molecule has 5 N–H and O–H groups in total. The molecule has 1 aromatic rings. The summed E-state index contributed by atoms with van der Waals surface area (Å²) >= 11 is 0. The monoisotopic (exact) mass is 312 g/mol. The van der Waals surface area contributed by atoms with Gasteiger partial charge in [-0.3, -0.25) is 9.59 Å². The fourth-order valence-electron chi connectivity index (χ4n) is 1.33. The quantitative estimate of drug-likeness (QED) is 0.610. The summed E-state index contributed by atoms with van der Waals surface area (Å²) in [6.07, 6.45) is 0. The second-order valence-electron chi connectivity index (χ2n) is 4.43. The lowest BCUT2D eigenvalue weighted by molar-refractivity contribution is -0.138. The van der Waals surface area contributed by atoms with E-state index in [2.05, 4.69) is 5.32 Å². The van der Waals surface area contributed by atoms with E-state index in [1.165, 1.54) is 20.1 Å². The number of nitrogens with two attached hydrogens (primary N) is 1. The SMILES string of the molecule is CC(=O)NC[C@H](N)C(=O)O.COc1cc(C)cc(C(=O)O)c1. The van der Waals surface area contributed by atoms with Crippen LogP contribution in [0.1, 0.15) is 22.8 Å². The summed E-state index contributed by atoms with van der Waals surface area (Å²) in [4.78, 5) is 30.8. The highest BCUT2D eigenvalue weighted by Crippen LogP contribution is 2.15. The molecular formula is C14H20N2O6. The van der Waals surface area contributed by atoms with Gasteiger partial charge in [-0.25, -0.2) is 4.79 Å². The maximum atomic E-state index is 10.6. The number of aryl methyl sites for hydroxylation is 1. The van der Waals surface area contributed by atoms with Gasteiger partial charge in [-0.15, -0.1) is 0 Å². The normalized spacial score (nSPS) is 10.7. The van der Waals surface area contributed by atoms with Crippen LogP contribution in [0.4, 0.5) is 0 Å². The molecule has 0 saturated carbocycles. The standard InChI is InChI=1S/C9H10O3.C5H10N2O3/c1-6-3-7(9(10)11)5-8(4-6)12-2;1-3(8)7-2-4(6)5(9)10/h3-5H,1-2H3,(H,10,11);4H,2,6H2,1H3,(H,7,8)(H,9,10)/t;4-/m.0/s1. The summed E-state index contributed by atoms with van der Waals surface area (Å²) in [5, 5.41) is 19.2. The lowest BCUT2D eigenvalue weighted by Crippen LogP contribution is -2.41. The lowest BCUT2D eigenvalue weighted by Gasteiger charge is -2.05. The summed E-state index contributed by atoms with van der Waals surface area (Å²) in [6, 6.07) is 3.87. The minimum atomic E-state index is -1.12. The van der Waals surface area contributed by atoms with Crippen molar-refractivity contribution in [3.63, 3.8) is 0 Å². The summed E-state index contributed by atoms with van der Waals surface area (Å²) < 4.78 is 4.92. The van der Waals surface area contributed by atoms with Crippen molar-refractivity contribution in [2.75, 3.05) is 13.7 Å². The Morgan fingerprint density at radius 3 is 2.27 bits per heavy atom. The molecule has 8 nitrogen and oxygen atoms in total. The minimum absolute atomic E-state index is 0.0231. The molecule has 1 aromatic carbocycles. The van der Waals surface area contributed by atoms with Crippen molar-refractivity contribution < 1.29 is 29.3 Å². The van der Waals surface area contributed by atoms with Crippen LogP contribution in [0.3, 0.4) is 0 Å². The molecule has 0 aliphatic rings. The molecule has 1 atom stereocenters. The fourth-order valence-corrected chi connectivity index (χ4v) is 1.33. The average Bonchev–Trinajstić information content (AvgIpc) is 2.44. The van der Waals surface area contributed by atoms with Gasteiger partial charge in [0.2, 0.25) is 5.91 Å². The number of carbonyl (C=O) groups is 3. The number of nitrogens with one attached hydrogen (secondary N) is 1. The van der Waals surface area contributed by atoms with Gasteiger partial charge < -0.3 is 26.0 Å². The maximum absolute atomic E-state index is 10.6. The molecule has 122 valence electrons. The van der Waals surface area contributed by atoms with Crippen molar-refractivity contribution in [2.24, 2.45) is 5.73 Å². The van der Waals surface area contributed by atoms with Crippen LogP contribution < -0.4 is 15.8 Å². The third-order valence-electron chi connectivity index (χ3n) is 2.42. The summed E-state index contributed by atoms with van der Waals surface area (Å²) in [6.45, 7) is 3.11. The van der Waals surface area contributed by atoms with Gasteiger partial charge >= 0.3 is 11.9 Å². The number of ether oxygens (including phenoxy) is 1. The first-order valence-corrected chi connectivity index (χ1v) is 6.29. The molecule has 22 heavy (non-hydrogen) atoms. The molecule has 0 heterocycles. The average molecular weight is 312 g/mol. The molecule has 8 heteroatoms. The molecule has 0 saturated heterocycles. The van der Waals surface area contributed by atoms with E-state index in [4.69, 9.17) is 20.7 Å². The van der Waals surface area contributed by atoms with Crippen LogP contribution in [0.5, 0.6) is 5.75 Å². The molecule has 0 fully saturated rings. The number of hydrogen-bond acceptors (Lipinski definition) is 5. The molecule has 0 unspecified atom stereocenters. The van der Waals surface area contributed by atoms with E-state index < -0.39 is 18.0 Å². The fraction of sp³-hybridized carbons (Fsp3) is 0.357. The number of methoxy groups -OCH3 is 1. The number of aromatic carboxylic acids is 1. The van der Waals surface area contributed by atoms with Crippen LogP contribution >= 0.6 is 0 Å². The minimum Gasteiger partial charge on any atom is -0.497 e. The highest BCUT2D eigenvalue weighted by molar-refractivity contribution is 5.88. The van der Waals surface area contributed by atoms with Crippen LogP contribution in [-0.2, 0) is 9.59 Å². The van der Waals surface area contributed by atoms with Gasteiger partial charge in [-0.05, 0) is 30.7 Å². The zero-order valence-corrected chi connectivity index (χ0v) is 12.6. The van der Waals surface area contributed by atoms with Crippen molar-refractivity contribution >= 4 is 17.8 Å².